The highest BCUT2D eigenvalue weighted by molar-refractivity contribution is 5.86. The molecule has 0 radical (unpaired) electrons. The minimum Gasteiger partial charge on any atom is -0.480 e. The lowest BCUT2D eigenvalue weighted by atomic mass is 10.2. The maximum absolute atomic E-state index is 12.6. The van der Waals surface area contributed by atoms with Crippen LogP contribution in [0.5, 0.6) is 0 Å². The number of para-hydroxylation sites is 1. The first-order chi connectivity index (χ1) is 11.0. The second-order valence-electron chi connectivity index (χ2n) is 5.68. The van der Waals surface area contributed by atoms with Crippen LogP contribution in [0.4, 0.5) is 0 Å². The van der Waals surface area contributed by atoms with Crippen LogP contribution in [0.15, 0.2) is 35.4 Å². The lowest BCUT2D eigenvalue weighted by molar-refractivity contribution is -0.149. The Bertz CT molecular complexity index is 829. The number of carbonyl (C=O) groups is 2. The molecule has 0 bridgehead atoms. The topological polar surface area (TPSA) is 92.5 Å². The molecule has 1 fully saturated rings. The van der Waals surface area contributed by atoms with Gasteiger partial charge in [0.15, 0.2) is 0 Å². The molecule has 1 aliphatic rings. The largest absolute Gasteiger partial charge is 0.480 e. The Morgan fingerprint density at radius 2 is 2.09 bits per heavy atom. The fourth-order valence-electron chi connectivity index (χ4n) is 3.01. The van der Waals surface area contributed by atoms with E-state index in [1.165, 1.54) is 15.8 Å². The predicted octanol–water partition coefficient (Wildman–Crippen LogP) is 1.03. The first-order valence-corrected chi connectivity index (χ1v) is 7.50. The van der Waals surface area contributed by atoms with Gasteiger partial charge in [0.2, 0.25) is 5.91 Å². The van der Waals surface area contributed by atoms with Crippen molar-refractivity contribution in [2.24, 2.45) is 0 Å². The number of fused-ring (bicyclic) bond motifs is 1. The highest BCUT2D eigenvalue weighted by Gasteiger charge is 2.36. The average Bonchev–Trinajstić information content (AvgIpc) is 3.04. The van der Waals surface area contributed by atoms with Crippen LogP contribution >= 0.6 is 0 Å². The number of nitrogens with zero attached hydrogens (tertiary/aromatic N) is 3. The summed E-state index contributed by atoms with van der Waals surface area (Å²) in [4.78, 5) is 42.0. The lowest BCUT2D eigenvalue weighted by Crippen LogP contribution is -2.44. The fraction of sp³-hybridized carbons (Fsp3) is 0.375. The standard InChI is InChI=1S/C16H17N3O4/c1-10(14(20)18-8-4-7-13(18)16(22)23)19-9-17-12-6-3-2-5-11(12)15(19)21/h2-3,5-6,9-10,13H,4,7-8H2,1H3,(H,22,23)/t10-,13+/m0/s1. The van der Waals surface area contributed by atoms with Gasteiger partial charge < -0.3 is 10.0 Å². The molecule has 120 valence electrons. The number of carbonyl (C=O) groups excluding carboxylic acids is 1. The van der Waals surface area contributed by atoms with E-state index in [4.69, 9.17) is 0 Å². The Balaban J connectivity index is 1.95. The summed E-state index contributed by atoms with van der Waals surface area (Å²) < 4.78 is 1.27. The van der Waals surface area contributed by atoms with Gasteiger partial charge in [0.1, 0.15) is 12.1 Å². The molecule has 1 aliphatic heterocycles. The number of hydrogen-bond acceptors (Lipinski definition) is 4. The number of carboxylic acids is 1. The third-order valence-electron chi connectivity index (χ3n) is 4.29. The average molecular weight is 315 g/mol. The summed E-state index contributed by atoms with van der Waals surface area (Å²) in [5.74, 6) is -1.37. The Hall–Kier alpha value is -2.70. The zero-order valence-electron chi connectivity index (χ0n) is 12.7. The Morgan fingerprint density at radius 1 is 1.35 bits per heavy atom. The van der Waals surface area contributed by atoms with E-state index in [1.807, 2.05) is 0 Å². The SMILES string of the molecule is C[C@@H](C(=O)N1CCC[C@@H]1C(=O)O)n1cnc2ccccc2c1=O. The summed E-state index contributed by atoms with van der Waals surface area (Å²) in [5.41, 5.74) is 0.264. The molecule has 1 aromatic heterocycles. The van der Waals surface area contributed by atoms with Crippen molar-refractivity contribution >= 4 is 22.8 Å². The minimum atomic E-state index is -1.01. The molecular formula is C16H17N3O4. The summed E-state index contributed by atoms with van der Waals surface area (Å²) in [6.45, 7) is 1.99. The maximum Gasteiger partial charge on any atom is 0.326 e. The number of likely N-dealkylation sites (tertiary alicyclic amines) is 1. The van der Waals surface area contributed by atoms with Gasteiger partial charge in [-0.3, -0.25) is 14.2 Å². The van der Waals surface area contributed by atoms with Crippen molar-refractivity contribution in [3.05, 3.63) is 40.9 Å². The lowest BCUT2D eigenvalue weighted by Gasteiger charge is -2.25. The van der Waals surface area contributed by atoms with Crippen LogP contribution in [-0.2, 0) is 9.59 Å². The third-order valence-corrected chi connectivity index (χ3v) is 4.29. The number of aromatic nitrogens is 2. The van der Waals surface area contributed by atoms with Gasteiger partial charge >= 0.3 is 5.97 Å². The van der Waals surface area contributed by atoms with Crippen LogP contribution < -0.4 is 5.56 Å². The van der Waals surface area contributed by atoms with E-state index in [0.29, 0.717) is 30.3 Å². The molecule has 1 amide bonds. The molecule has 7 heteroatoms. The zero-order valence-corrected chi connectivity index (χ0v) is 12.7. The smallest absolute Gasteiger partial charge is 0.326 e. The molecule has 7 nitrogen and oxygen atoms in total. The molecule has 1 saturated heterocycles. The van der Waals surface area contributed by atoms with Crippen molar-refractivity contribution in [2.75, 3.05) is 6.54 Å². The van der Waals surface area contributed by atoms with Crippen LogP contribution in [0.3, 0.4) is 0 Å². The maximum atomic E-state index is 12.6. The fourth-order valence-corrected chi connectivity index (χ4v) is 3.01. The van der Waals surface area contributed by atoms with Crippen molar-refractivity contribution in [3.8, 4) is 0 Å². The van der Waals surface area contributed by atoms with Gasteiger partial charge in [-0.25, -0.2) is 9.78 Å². The summed E-state index contributed by atoms with van der Waals surface area (Å²) >= 11 is 0. The van der Waals surface area contributed by atoms with E-state index in [2.05, 4.69) is 4.98 Å². The van der Waals surface area contributed by atoms with Crippen LogP contribution in [-0.4, -0.2) is 44.0 Å². The predicted molar refractivity (Wildman–Crippen MR) is 83.1 cm³/mol. The molecule has 2 atom stereocenters. The molecular weight excluding hydrogens is 298 g/mol. The van der Waals surface area contributed by atoms with E-state index in [9.17, 15) is 19.5 Å². The van der Waals surface area contributed by atoms with Gasteiger partial charge in [0, 0.05) is 6.54 Å². The summed E-state index contributed by atoms with van der Waals surface area (Å²) in [6, 6.07) is 5.31. The van der Waals surface area contributed by atoms with E-state index in [1.54, 1.807) is 31.2 Å². The van der Waals surface area contributed by atoms with Gasteiger partial charge in [-0.1, -0.05) is 12.1 Å². The van der Waals surface area contributed by atoms with Crippen molar-refractivity contribution in [3.63, 3.8) is 0 Å². The molecule has 0 unspecified atom stereocenters. The normalized spacial score (nSPS) is 19.0. The Kier molecular flexibility index (Phi) is 3.85. The Morgan fingerprint density at radius 3 is 2.83 bits per heavy atom. The van der Waals surface area contributed by atoms with E-state index in [0.717, 1.165) is 0 Å². The molecule has 1 N–H and O–H groups in total. The monoisotopic (exact) mass is 315 g/mol. The van der Waals surface area contributed by atoms with Crippen molar-refractivity contribution in [1.29, 1.82) is 0 Å². The highest BCUT2D eigenvalue weighted by Crippen LogP contribution is 2.21. The summed E-state index contributed by atoms with van der Waals surface area (Å²) in [5, 5.41) is 9.64. The van der Waals surface area contributed by atoms with Crippen LogP contribution in [0, 0.1) is 0 Å². The van der Waals surface area contributed by atoms with Gasteiger partial charge in [-0.2, -0.15) is 0 Å². The van der Waals surface area contributed by atoms with Gasteiger partial charge in [-0.05, 0) is 31.9 Å². The van der Waals surface area contributed by atoms with Crippen LogP contribution in [0.2, 0.25) is 0 Å². The quantitative estimate of drug-likeness (QED) is 0.913. The van der Waals surface area contributed by atoms with E-state index < -0.39 is 18.1 Å². The minimum absolute atomic E-state index is 0.303. The van der Waals surface area contributed by atoms with Gasteiger partial charge in [0.05, 0.1) is 17.2 Å². The molecule has 23 heavy (non-hydrogen) atoms. The molecule has 0 spiro atoms. The van der Waals surface area contributed by atoms with Crippen molar-refractivity contribution in [2.45, 2.75) is 31.8 Å². The first-order valence-electron chi connectivity index (χ1n) is 7.50. The second-order valence-corrected chi connectivity index (χ2v) is 5.68. The summed E-state index contributed by atoms with van der Waals surface area (Å²) in [6.07, 6.45) is 2.44. The summed E-state index contributed by atoms with van der Waals surface area (Å²) in [7, 11) is 0. The number of aliphatic carboxylic acids is 1. The van der Waals surface area contributed by atoms with Gasteiger partial charge in [-0.15, -0.1) is 0 Å². The number of rotatable bonds is 3. The second kappa shape index (κ2) is 5.83. The zero-order chi connectivity index (χ0) is 16.6. The molecule has 2 heterocycles. The molecule has 3 rings (SSSR count). The Labute approximate surface area is 132 Å². The third kappa shape index (κ3) is 2.58. The highest BCUT2D eigenvalue weighted by atomic mass is 16.4. The molecule has 0 saturated carbocycles. The van der Waals surface area contributed by atoms with Crippen LogP contribution in [0.1, 0.15) is 25.8 Å². The number of amides is 1. The van der Waals surface area contributed by atoms with Crippen molar-refractivity contribution in [1.82, 2.24) is 14.5 Å². The number of carboxylic acid groups (broad SMARTS) is 1. The number of hydrogen-bond donors (Lipinski definition) is 1. The van der Waals surface area contributed by atoms with E-state index in [-0.39, 0.29) is 11.5 Å². The van der Waals surface area contributed by atoms with Crippen molar-refractivity contribution < 1.29 is 14.7 Å². The van der Waals surface area contributed by atoms with Gasteiger partial charge in [0.25, 0.3) is 5.56 Å². The molecule has 0 aliphatic carbocycles. The first kappa shape index (κ1) is 15.2. The van der Waals surface area contributed by atoms with Crippen LogP contribution in [0.25, 0.3) is 10.9 Å². The molecule has 1 aromatic carbocycles. The molecule has 2 aromatic rings. The number of benzene rings is 1. The van der Waals surface area contributed by atoms with E-state index >= 15 is 0 Å².